The van der Waals surface area contributed by atoms with E-state index in [-0.39, 0.29) is 6.42 Å². The second-order valence-electron chi connectivity index (χ2n) is 3.73. The van der Waals surface area contributed by atoms with E-state index in [1.807, 2.05) is 19.3 Å². The maximum absolute atomic E-state index is 11.8. The van der Waals surface area contributed by atoms with Gasteiger partial charge in [-0.2, -0.15) is 18.3 Å². The van der Waals surface area contributed by atoms with Gasteiger partial charge in [-0.25, -0.2) is 0 Å². The number of rotatable bonds is 6. The summed E-state index contributed by atoms with van der Waals surface area (Å²) in [6, 6.07) is 1.88. The fourth-order valence-electron chi connectivity index (χ4n) is 1.35. The summed E-state index contributed by atoms with van der Waals surface area (Å²) < 4.78 is 37.1. The molecule has 0 aliphatic rings. The number of hydrogen-bond donors (Lipinski definition) is 1. The van der Waals surface area contributed by atoms with Crippen LogP contribution in [-0.4, -0.2) is 22.5 Å². The maximum Gasteiger partial charge on any atom is 0.389 e. The van der Waals surface area contributed by atoms with Crippen LogP contribution in [0.25, 0.3) is 0 Å². The zero-order chi connectivity index (χ0) is 12.0. The fourth-order valence-corrected chi connectivity index (χ4v) is 1.35. The molecule has 1 aromatic rings. The van der Waals surface area contributed by atoms with E-state index in [2.05, 4.69) is 10.4 Å². The number of hydrogen-bond acceptors (Lipinski definition) is 2. The Bertz CT molecular complexity index is 307. The van der Waals surface area contributed by atoms with Gasteiger partial charge >= 0.3 is 6.18 Å². The Balaban J connectivity index is 2.00. The van der Waals surface area contributed by atoms with Gasteiger partial charge in [-0.3, -0.25) is 4.68 Å². The lowest BCUT2D eigenvalue weighted by molar-refractivity contribution is -0.135. The smallest absolute Gasteiger partial charge is 0.311 e. The summed E-state index contributed by atoms with van der Waals surface area (Å²) in [5, 5.41) is 7.20. The summed E-state index contributed by atoms with van der Waals surface area (Å²) in [5.74, 6) is 0. The molecule has 0 amide bonds. The van der Waals surface area contributed by atoms with Gasteiger partial charge in [0.05, 0.1) is 5.69 Å². The van der Waals surface area contributed by atoms with Crippen molar-refractivity contribution in [3.8, 4) is 0 Å². The SMILES string of the molecule is Cn1ccc(CNCCCCC(F)(F)F)n1. The van der Waals surface area contributed by atoms with Crippen molar-refractivity contribution in [1.82, 2.24) is 15.1 Å². The van der Waals surface area contributed by atoms with Crippen LogP contribution in [0.5, 0.6) is 0 Å². The van der Waals surface area contributed by atoms with Crippen molar-refractivity contribution in [2.75, 3.05) is 6.54 Å². The van der Waals surface area contributed by atoms with Crippen LogP contribution in [0, 0.1) is 0 Å². The number of aromatic nitrogens is 2. The highest BCUT2D eigenvalue weighted by atomic mass is 19.4. The molecule has 0 radical (unpaired) electrons. The molecular formula is C10H16F3N3. The Morgan fingerprint density at radius 3 is 2.69 bits per heavy atom. The van der Waals surface area contributed by atoms with E-state index in [0.29, 0.717) is 19.5 Å². The predicted octanol–water partition coefficient (Wildman–Crippen LogP) is 2.24. The summed E-state index contributed by atoms with van der Waals surface area (Å²) in [6.45, 7) is 1.19. The van der Waals surface area contributed by atoms with Crippen molar-refractivity contribution in [3.63, 3.8) is 0 Å². The first kappa shape index (κ1) is 13.0. The van der Waals surface area contributed by atoms with Gasteiger partial charge < -0.3 is 5.32 Å². The molecule has 0 fully saturated rings. The van der Waals surface area contributed by atoms with E-state index >= 15 is 0 Å². The minimum Gasteiger partial charge on any atom is -0.311 e. The number of halogens is 3. The standard InChI is InChI=1S/C10H16F3N3/c1-16-7-4-9(15-16)8-14-6-3-2-5-10(11,12)13/h4,7,14H,2-3,5-6,8H2,1H3. The number of alkyl halides is 3. The topological polar surface area (TPSA) is 29.9 Å². The minimum absolute atomic E-state index is 0.179. The summed E-state index contributed by atoms with van der Waals surface area (Å²) in [4.78, 5) is 0. The van der Waals surface area contributed by atoms with Gasteiger partial charge in [-0.05, 0) is 25.5 Å². The van der Waals surface area contributed by atoms with Gasteiger partial charge in [0.15, 0.2) is 0 Å². The van der Waals surface area contributed by atoms with E-state index in [4.69, 9.17) is 0 Å². The molecule has 1 aromatic heterocycles. The Labute approximate surface area is 92.6 Å². The van der Waals surface area contributed by atoms with Crippen molar-refractivity contribution in [3.05, 3.63) is 18.0 Å². The second-order valence-corrected chi connectivity index (χ2v) is 3.73. The highest BCUT2D eigenvalue weighted by Gasteiger charge is 2.25. The van der Waals surface area contributed by atoms with Crippen molar-refractivity contribution < 1.29 is 13.2 Å². The van der Waals surface area contributed by atoms with Crippen molar-refractivity contribution in [1.29, 1.82) is 0 Å². The molecule has 0 aliphatic carbocycles. The second kappa shape index (κ2) is 5.89. The highest BCUT2D eigenvalue weighted by Crippen LogP contribution is 2.21. The lowest BCUT2D eigenvalue weighted by Crippen LogP contribution is -2.16. The molecule has 16 heavy (non-hydrogen) atoms. The highest BCUT2D eigenvalue weighted by molar-refractivity contribution is 4.97. The molecule has 0 unspecified atom stereocenters. The van der Waals surface area contributed by atoms with Crippen molar-refractivity contribution >= 4 is 0 Å². The Kier molecular flexibility index (Phi) is 4.79. The molecular weight excluding hydrogens is 219 g/mol. The number of unbranched alkanes of at least 4 members (excludes halogenated alkanes) is 1. The fraction of sp³-hybridized carbons (Fsp3) is 0.700. The van der Waals surface area contributed by atoms with Gasteiger partial charge in [-0.15, -0.1) is 0 Å². The molecule has 0 aromatic carbocycles. The van der Waals surface area contributed by atoms with Gasteiger partial charge in [0.2, 0.25) is 0 Å². The Hall–Kier alpha value is -1.04. The zero-order valence-electron chi connectivity index (χ0n) is 9.22. The summed E-state index contributed by atoms with van der Waals surface area (Å²) >= 11 is 0. The third-order valence-electron chi connectivity index (χ3n) is 2.14. The third kappa shape index (κ3) is 5.75. The molecule has 6 heteroatoms. The van der Waals surface area contributed by atoms with Crippen LogP contribution in [0.2, 0.25) is 0 Å². The van der Waals surface area contributed by atoms with Gasteiger partial charge in [-0.1, -0.05) is 0 Å². The molecule has 0 bridgehead atoms. The number of aryl methyl sites for hydroxylation is 1. The largest absolute Gasteiger partial charge is 0.389 e. The van der Waals surface area contributed by atoms with E-state index in [9.17, 15) is 13.2 Å². The monoisotopic (exact) mass is 235 g/mol. The zero-order valence-corrected chi connectivity index (χ0v) is 9.22. The first-order valence-corrected chi connectivity index (χ1v) is 5.23. The van der Waals surface area contributed by atoms with Crippen LogP contribution in [0.1, 0.15) is 25.0 Å². The third-order valence-corrected chi connectivity index (χ3v) is 2.14. The van der Waals surface area contributed by atoms with Crippen LogP contribution in [-0.2, 0) is 13.6 Å². The van der Waals surface area contributed by atoms with Crippen LogP contribution in [0.15, 0.2) is 12.3 Å². The summed E-state index contributed by atoms with van der Waals surface area (Å²) in [5.41, 5.74) is 0.901. The molecule has 0 atom stereocenters. The first-order chi connectivity index (χ1) is 7.47. The molecule has 0 spiro atoms. The lowest BCUT2D eigenvalue weighted by Gasteiger charge is -2.06. The van der Waals surface area contributed by atoms with E-state index in [0.717, 1.165) is 5.69 Å². The van der Waals surface area contributed by atoms with Crippen molar-refractivity contribution in [2.24, 2.45) is 7.05 Å². The quantitative estimate of drug-likeness (QED) is 0.766. The van der Waals surface area contributed by atoms with Gasteiger partial charge in [0.25, 0.3) is 0 Å². The molecule has 1 N–H and O–H groups in total. The van der Waals surface area contributed by atoms with E-state index < -0.39 is 12.6 Å². The molecule has 0 aliphatic heterocycles. The van der Waals surface area contributed by atoms with E-state index in [1.165, 1.54) is 0 Å². The molecule has 3 nitrogen and oxygen atoms in total. The van der Waals surface area contributed by atoms with Gasteiger partial charge in [0, 0.05) is 26.2 Å². The Morgan fingerprint density at radius 2 is 2.12 bits per heavy atom. The van der Waals surface area contributed by atoms with Crippen LogP contribution in [0.4, 0.5) is 13.2 Å². The maximum atomic E-state index is 11.8. The number of nitrogens with one attached hydrogen (secondary N) is 1. The lowest BCUT2D eigenvalue weighted by atomic mass is 10.2. The molecule has 92 valence electrons. The molecule has 1 rings (SSSR count). The summed E-state index contributed by atoms with van der Waals surface area (Å²) in [7, 11) is 1.83. The van der Waals surface area contributed by atoms with E-state index in [1.54, 1.807) is 4.68 Å². The minimum atomic E-state index is -4.03. The Morgan fingerprint density at radius 1 is 1.38 bits per heavy atom. The van der Waals surface area contributed by atoms with Crippen LogP contribution < -0.4 is 5.32 Å². The van der Waals surface area contributed by atoms with Gasteiger partial charge in [0.1, 0.15) is 0 Å². The summed E-state index contributed by atoms with van der Waals surface area (Å²) in [6.07, 6.45) is -2.18. The first-order valence-electron chi connectivity index (χ1n) is 5.23. The molecule has 0 saturated carbocycles. The number of nitrogens with zero attached hydrogens (tertiary/aromatic N) is 2. The average molecular weight is 235 g/mol. The van der Waals surface area contributed by atoms with Crippen molar-refractivity contribution in [2.45, 2.75) is 32.0 Å². The normalized spacial score (nSPS) is 12.0. The predicted molar refractivity (Wildman–Crippen MR) is 54.8 cm³/mol. The molecule has 1 heterocycles. The van der Waals surface area contributed by atoms with Crippen LogP contribution >= 0.6 is 0 Å². The molecule has 0 saturated heterocycles. The average Bonchev–Trinajstić information content (AvgIpc) is 2.56. The van der Waals surface area contributed by atoms with Crippen LogP contribution in [0.3, 0.4) is 0 Å².